The Kier molecular flexibility index (Phi) is 1.97. The number of carbonyl (C=O) groups is 1. The van der Waals surface area contributed by atoms with Gasteiger partial charge in [0.2, 0.25) is 0 Å². The van der Waals surface area contributed by atoms with E-state index >= 15 is 0 Å². The van der Waals surface area contributed by atoms with Crippen molar-refractivity contribution in [2.75, 3.05) is 13.1 Å². The number of carbonyl (C=O) groups excluding carboxylic acids is 1. The van der Waals surface area contributed by atoms with E-state index in [0.717, 1.165) is 13.1 Å². The molecule has 2 nitrogen and oxygen atoms in total. The molecule has 0 aromatic rings. The molecule has 0 unspecified atom stereocenters. The largest absolute Gasteiger partial charge is 0.337 e. The monoisotopic (exact) mass is 173 g/mol. The van der Waals surface area contributed by atoms with Gasteiger partial charge in [0.25, 0.3) is 5.91 Å². The van der Waals surface area contributed by atoms with Gasteiger partial charge < -0.3 is 4.90 Å². The summed E-state index contributed by atoms with van der Waals surface area (Å²) in [6.07, 6.45) is 0. The number of hydrogen-bond donors (Lipinski definition) is 0. The smallest absolute Gasteiger partial charge is 0.264 e. The highest BCUT2D eigenvalue weighted by Crippen LogP contribution is 2.29. The van der Waals surface area contributed by atoms with Crippen LogP contribution in [-0.4, -0.2) is 23.9 Å². The molecule has 1 saturated heterocycles. The molecule has 1 aliphatic rings. The Bertz CT molecular complexity index is 202. The van der Waals surface area contributed by atoms with E-state index in [-0.39, 0.29) is 16.4 Å². The summed E-state index contributed by atoms with van der Waals surface area (Å²) >= 11 is 5.44. The summed E-state index contributed by atoms with van der Waals surface area (Å²) in [7, 11) is 0. The normalized spacial score (nSPS) is 20.8. The lowest BCUT2D eigenvalue weighted by Gasteiger charge is -2.45. The van der Waals surface area contributed by atoms with Crippen LogP contribution in [0.1, 0.15) is 13.8 Å². The molecule has 1 aliphatic heterocycles. The highest BCUT2D eigenvalue weighted by Gasteiger charge is 2.37. The molecule has 0 aliphatic carbocycles. The standard InChI is InChI=1S/C8H12ClNO/c1-6(9)7(11)10-4-8(2,3)5-10/h1,4-5H2,2-3H3. The van der Waals surface area contributed by atoms with Gasteiger partial charge in [0, 0.05) is 13.1 Å². The average Bonchev–Trinajstić information content (AvgIpc) is 1.80. The van der Waals surface area contributed by atoms with E-state index in [1.165, 1.54) is 0 Å². The molecule has 1 amide bonds. The molecule has 0 aromatic carbocycles. The number of nitrogens with zero attached hydrogens (tertiary/aromatic N) is 1. The first-order valence-corrected chi connectivity index (χ1v) is 3.94. The van der Waals surface area contributed by atoms with Crippen LogP contribution in [0.25, 0.3) is 0 Å². The molecule has 11 heavy (non-hydrogen) atoms. The quantitative estimate of drug-likeness (QED) is 0.552. The van der Waals surface area contributed by atoms with Gasteiger partial charge in [-0.1, -0.05) is 32.0 Å². The van der Waals surface area contributed by atoms with E-state index in [9.17, 15) is 4.79 Å². The molecule has 0 radical (unpaired) electrons. The van der Waals surface area contributed by atoms with Crippen LogP contribution in [-0.2, 0) is 4.79 Å². The first-order chi connectivity index (χ1) is 4.92. The van der Waals surface area contributed by atoms with Crippen LogP contribution in [0.3, 0.4) is 0 Å². The molecule has 0 saturated carbocycles. The SMILES string of the molecule is C=C(Cl)C(=O)N1CC(C)(C)C1. The van der Waals surface area contributed by atoms with Crippen LogP contribution in [0.2, 0.25) is 0 Å². The molecule has 1 heterocycles. The zero-order chi connectivity index (χ0) is 8.65. The minimum Gasteiger partial charge on any atom is -0.337 e. The van der Waals surface area contributed by atoms with Crippen molar-refractivity contribution >= 4 is 17.5 Å². The fourth-order valence-electron chi connectivity index (χ4n) is 1.30. The number of amides is 1. The third kappa shape index (κ3) is 1.74. The maximum atomic E-state index is 11.1. The van der Waals surface area contributed by atoms with E-state index < -0.39 is 0 Å². The highest BCUT2D eigenvalue weighted by atomic mass is 35.5. The Morgan fingerprint density at radius 1 is 1.55 bits per heavy atom. The Morgan fingerprint density at radius 3 is 2.27 bits per heavy atom. The number of hydrogen-bond acceptors (Lipinski definition) is 1. The van der Waals surface area contributed by atoms with Gasteiger partial charge in [0.05, 0.1) is 5.03 Å². The average molecular weight is 174 g/mol. The van der Waals surface area contributed by atoms with Crippen molar-refractivity contribution in [1.29, 1.82) is 0 Å². The number of likely N-dealkylation sites (tertiary alicyclic amines) is 1. The summed E-state index contributed by atoms with van der Waals surface area (Å²) in [4.78, 5) is 12.8. The lowest BCUT2D eigenvalue weighted by Crippen LogP contribution is -2.55. The maximum absolute atomic E-state index is 11.1. The van der Waals surface area contributed by atoms with E-state index in [4.69, 9.17) is 11.6 Å². The number of rotatable bonds is 1. The van der Waals surface area contributed by atoms with Crippen LogP contribution >= 0.6 is 11.6 Å². The summed E-state index contributed by atoms with van der Waals surface area (Å²) in [6, 6.07) is 0. The van der Waals surface area contributed by atoms with E-state index in [2.05, 4.69) is 20.4 Å². The number of halogens is 1. The summed E-state index contributed by atoms with van der Waals surface area (Å²) in [5.41, 5.74) is 0.266. The fraction of sp³-hybridized carbons (Fsp3) is 0.625. The second-order valence-corrected chi connectivity index (χ2v) is 4.19. The molecule has 1 fully saturated rings. The van der Waals surface area contributed by atoms with E-state index in [0.29, 0.717) is 0 Å². The summed E-state index contributed by atoms with van der Waals surface area (Å²) in [5, 5.41) is 0.112. The first-order valence-electron chi connectivity index (χ1n) is 3.56. The van der Waals surface area contributed by atoms with Gasteiger partial charge >= 0.3 is 0 Å². The molecule has 0 spiro atoms. The predicted octanol–water partition coefficient (Wildman–Crippen LogP) is 1.61. The second-order valence-electron chi connectivity index (χ2n) is 3.73. The molecule has 3 heteroatoms. The molecular formula is C8H12ClNO. The summed E-state index contributed by atoms with van der Waals surface area (Å²) in [5.74, 6) is -0.133. The Hall–Kier alpha value is -0.500. The Balaban J connectivity index is 2.45. The van der Waals surface area contributed by atoms with Crippen LogP contribution in [0.5, 0.6) is 0 Å². The highest BCUT2D eigenvalue weighted by molar-refractivity contribution is 6.41. The van der Waals surface area contributed by atoms with Crippen LogP contribution in [0, 0.1) is 5.41 Å². The van der Waals surface area contributed by atoms with Gasteiger partial charge in [-0.25, -0.2) is 0 Å². The third-order valence-corrected chi connectivity index (χ3v) is 1.92. The molecule has 62 valence electrons. The predicted molar refractivity (Wildman–Crippen MR) is 45.4 cm³/mol. The van der Waals surface area contributed by atoms with Crippen molar-refractivity contribution in [2.45, 2.75) is 13.8 Å². The summed E-state index contributed by atoms with van der Waals surface area (Å²) in [6.45, 7) is 9.20. The van der Waals surface area contributed by atoms with Gasteiger partial charge in [0.1, 0.15) is 0 Å². The fourth-order valence-corrected chi connectivity index (χ4v) is 1.42. The second kappa shape index (κ2) is 2.52. The van der Waals surface area contributed by atoms with Crippen LogP contribution < -0.4 is 0 Å². The minimum absolute atomic E-state index is 0.112. The van der Waals surface area contributed by atoms with Crippen molar-refractivity contribution in [3.05, 3.63) is 11.6 Å². The van der Waals surface area contributed by atoms with Crippen molar-refractivity contribution in [1.82, 2.24) is 4.90 Å². The maximum Gasteiger partial charge on any atom is 0.264 e. The van der Waals surface area contributed by atoms with Gasteiger partial charge in [0.15, 0.2) is 0 Å². The topological polar surface area (TPSA) is 20.3 Å². The Labute approximate surface area is 71.8 Å². The Morgan fingerprint density at radius 2 is 2.00 bits per heavy atom. The molecule has 0 atom stereocenters. The van der Waals surface area contributed by atoms with Gasteiger partial charge in [-0.15, -0.1) is 0 Å². The summed E-state index contributed by atoms with van der Waals surface area (Å²) < 4.78 is 0. The molecule has 0 bridgehead atoms. The van der Waals surface area contributed by atoms with Gasteiger partial charge in [-0.2, -0.15) is 0 Å². The lowest BCUT2D eigenvalue weighted by atomic mass is 9.84. The van der Waals surface area contributed by atoms with Crippen molar-refractivity contribution in [2.24, 2.45) is 5.41 Å². The van der Waals surface area contributed by atoms with Crippen molar-refractivity contribution in [3.63, 3.8) is 0 Å². The first kappa shape index (κ1) is 8.60. The molecular weight excluding hydrogens is 162 g/mol. The van der Waals surface area contributed by atoms with Crippen LogP contribution in [0.15, 0.2) is 11.6 Å². The van der Waals surface area contributed by atoms with Crippen LogP contribution in [0.4, 0.5) is 0 Å². The molecule has 1 rings (SSSR count). The zero-order valence-corrected chi connectivity index (χ0v) is 7.61. The zero-order valence-electron chi connectivity index (χ0n) is 6.85. The van der Waals surface area contributed by atoms with Gasteiger partial charge in [-0.05, 0) is 5.41 Å². The molecule has 0 N–H and O–H groups in total. The third-order valence-electron chi connectivity index (χ3n) is 1.76. The minimum atomic E-state index is -0.133. The van der Waals surface area contributed by atoms with E-state index in [1.54, 1.807) is 4.90 Å². The molecule has 0 aromatic heterocycles. The van der Waals surface area contributed by atoms with E-state index in [1.807, 2.05) is 0 Å². The lowest BCUT2D eigenvalue weighted by molar-refractivity contribution is -0.136. The van der Waals surface area contributed by atoms with Gasteiger partial charge in [-0.3, -0.25) is 4.79 Å². The van der Waals surface area contributed by atoms with Crippen molar-refractivity contribution in [3.8, 4) is 0 Å². The van der Waals surface area contributed by atoms with Crippen molar-refractivity contribution < 1.29 is 4.79 Å².